The number of nitrogens with one attached hydrogen (secondary N) is 1. The molecule has 2 rings (SSSR count). The molecule has 0 fully saturated rings. The van der Waals surface area contributed by atoms with E-state index in [1.165, 1.54) is 6.07 Å². The normalized spacial score (nSPS) is 11.8. The van der Waals surface area contributed by atoms with E-state index in [-0.39, 0.29) is 0 Å². The van der Waals surface area contributed by atoms with Gasteiger partial charge in [-0.1, -0.05) is 18.2 Å². The quantitative estimate of drug-likeness (QED) is 0.925. The summed E-state index contributed by atoms with van der Waals surface area (Å²) in [5.41, 5.74) is 0.838. The number of rotatable bonds is 4. The third-order valence-electron chi connectivity index (χ3n) is 2.66. The summed E-state index contributed by atoms with van der Waals surface area (Å²) in [6, 6.07) is 7.17. The van der Waals surface area contributed by atoms with E-state index >= 15 is 0 Å². The minimum Gasteiger partial charge on any atom is -0.307 e. The fraction of sp³-hybridized carbons (Fsp3) is 0.308. The molecule has 0 aliphatic heterocycles. The third-order valence-corrected chi connectivity index (χ3v) is 2.66. The molecule has 19 heavy (non-hydrogen) atoms. The Hall–Kier alpha value is -1.82. The predicted octanol–water partition coefficient (Wildman–Crippen LogP) is 2.73. The van der Waals surface area contributed by atoms with E-state index in [4.69, 9.17) is 0 Å². The van der Waals surface area contributed by atoms with Crippen LogP contribution in [0, 0.1) is 0 Å². The molecule has 1 aromatic heterocycles. The monoisotopic (exact) mass is 269 g/mol. The van der Waals surface area contributed by atoms with Crippen LogP contribution in [0.15, 0.2) is 36.5 Å². The molecule has 0 aliphatic carbocycles. The van der Waals surface area contributed by atoms with Crippen LogP contribution in [0.4, 0.5) is 13.2 Å². The average Bonchev–Trinajstić information content (AvgIpc) is 2.74. The summed E-state index contributed by atoms with van der Waals surface area (Å²) in [6.45, 7) is 0.900. The number of halogens is 3. The van der Waals surface area contributed by atoms with Crippen molar-refractivity contribution in [3.05, 3.63) is 53.3 Å². The van der Waals surface area contributed by atoms with Crippen molar-refractivity contribution in [1.29, 1.82) is 0 Å². The Morgan fingerprint density at radius 1 is 1.21 bits per heavy atom. The van der Waals surface area contributed by atoms with E-state index in [1.807, 2.05) is 19.3 Å². The van der Waals surface area contributed by atoms with E-state index in [0.717, 1.165) is 17.8 Å². The van der Waals surface area contributed by atoms with Crippen LogP contribution >= 0.6 is 0 Å². The number of hydrogen-bond donors (Lipinski definition) is 1. The molecule has 0 atom stereocenters. The van der Waals surface area contributed by atoms with Crippen molar-refractivity contribution in [2.75, 3.05) is 0 Å². The first-order chi connectivity index (χ1) is 8.95. The van der Waals surface area contributed by atoms with Crippen molar-refractivity contribution in [2.45, 2.75) is 19.3 Å². The zero-order valence-corrected chi connectivity index (χ0v) is 10.4. The highest BCUT2D eigenvalue weighted by Gasteiger charge is 2.30. The second-order valence-corrected chi connectivity index (χ2v) is 4.28. The van der Waals surface area contributed by atoms with Crippen LogP contribution < -0.4 is 5.32 Å². The lowest BCUT2D eigenvalue weighted by Gasteiger charge is -2.09. The first kappa shape index (κ1) is 13.6. The molecule has 0 aliphatic rings. The van der Waals surface area contributed by atoms with E-state index < -0.39 is 11.7 Å². The maximum Gasteiger partial charge on any atom is 0.416 e. The van der Waals surface area contributed by atoms with Gasteiger partial charge in [0.05, 0.1) is 11.3 Å². The minimum absolute atomic E-state index is 0.375. The maximum atomic E-state index is 12.5. The van der Waals surface area contributed by atoms with Crippen LogP contribution in [-0.4, -0.2) is 9.78 Å². The van der Waals surface area contributed by atoms with Crippen LogP contribution in [0.3, 0.4) is 0 Å². The number of alkyl halides is 3. The van der Waals surface area contributed by atoms with E-state index in [9.17, 15) is 13.2 Å². The smallest absolute Gasteiger partial charge is 0.307 e. The molecule has 1 N–H and O–H groups in total. The van der Waals surface area contributed by atoms with Crippen LogP contribution in [0.1, 0.15) is 16.8 Å². The number of benzene rings is 1. The molecule has 0 bridgehead atoms. The zero-order valence-electron chi connectivity index (χ0n) is 10.4. The molecule has 0 unspecified atom stereocenters. The minimum atomic E-state index is -4.29. The first-order valence-electron chi connectivity index (χ1n) is 5.80. The Morgan fingerprint density at radius 3 is 2.63 bits per heavy atom. The Balaban J connectivity index is 1.93. The summed E-state index contributed by atoms with van der Waals surface area (Å²) in [5.74, 6) is 0. The van der Waals surface area contributed by atoms with Gasteiger partial charge in [-0.2, -0.15) is 18.3 Å². The van der Waals surface area contributed by atoms with Crippen LogP contribution in [0.2, 0.25) is 0 Å². The van der Waals surface area contributed by atoms with Gasteiger partial charge in [0.15, 0.2) is 0 Å². The maximum absolute atomic E-state index is 12.5. The highest BCUT2D eigenvalue weighted by molar-refractivity contribution is 5.25. The van der Waals surface area contributed by atoms with Crippen molar-refractivity contribution in [3.63, 3.8) is 0 Å². The lowest BCUT2D eigenvalue weighted by molar-refractivity contribution is -0.137. The molecule has 1 aromatic carbocycles. The van der Waals surface area contributed by atoms with Gasteiger partial charge in [0.2, 0.25) is 0 Å². The highest BCUT2D eigenvalue weighted by Crippen LogP contribution is 2.29. The number of aryl methyl sites for hydroxylation is 1. The molecule has 0 amide bonds. The van der Waals surface area contributed by atoms with Gasteiger partial charge in [-0.3, -0.25) is 4.68 Å². The second kappa shape index (κ2) is 5.44. The van der Waals surface area contributed by atoms with E-state index in [0.29, 0.717) is 18.7 Å². The van der Waals surface area contributed by atoms with Crippen LogP contribution in [0.25, 0.3) is 0 Å². The SMILES string of the molecule is Cn1ccc(CNCc2cccc(C(F)(F)F)c2)n1. The molecule has 0 spiro atoms. The van der Waals surface area contributed by atoms with Gasteiger partial charge < -0.3 is 5.32 Å². The second-order valence-electron chi connectivity index (χ2n) is 4.28. The summed E-state index contributed by atoms with van der Waals surface area (Å²) >= 11 is 0. The van der Waals surface area contributed by atoms with E-state index in [1.54, 1.807) is 10.7 Å². The molecule has 1 heterocycles. The van der Waals surface area contributed by atoms with Gasteiger partial charge in [-0.25, -0.2) is 0 Å². The first-order valence-corrected chi connectivity index (χ1v) is 5.80. The van der Waals surface area contributed by atoms with Crippen molar-refractivity contribution >= 4 is 0 Å². The van der Waals surface area contributed by atoms with Gasteiger partial charge in [0, 0.05) is 26.3 Å². The van der Waals surface area contributed by atoms with Crippen molar-refractivity contribution in [1.82, 2.24) is 15.1 Å². The van der Waals surface area contributed by atoms with Crippen LogP contribution in [-0.2, 0) is 26.3 Å². The number of aromatic nitrogens is 2. The average molecular weight is 269 g/mol. The van der Waals surface area contributed by atoms with Gasteiger partial charge in [0.25, 0.3) is 0 Å². The van der Waals surface area contributed by atoms with Crippen LogP contribution in [0.5, 0.6) is 0 Å². The fourth-order valence-corrected chi connectivity index (χ4v) is 1.75. The molecular weight excluding hydrogens is 255 g/mol. The lowest BCUT2D eigenvalue weighted by atomic mass is 10.1. The summed E-state index contributed by atoms with van der Waals surface area (Å²) in [7, 11) is 1.82. The Labute approximate surface area is 109 Å². The van der Waals surface area contributed by atoms with Gasteiger partial charge >= 0.3 is 6.18 Å². The number of nitrogens with zero attached hydrogens (tertiary/aromatic N) is 2. The standard InChI is InChI=1S/C13H14F3N3/c1-19-6-5-12(18-19)9-17-8-10-3-2-4-11(7-10)13(14,15)16/h2-7,17H,8-9H2,1H3. The fourth-order valence-electron chi connectivity index (χ4n) is 1.75. The van der Waals surface area contributed by atoms with Gasteiger partial charge in [0.1, 0.15) is 0 Å². The highest BCUT2D eigenvalue weighted by atomic mass is 19.4. The summed E-state index contributed by atoms with van der Waals surface area (Å²) < 4.78 is 39.3. The molecule has 3 nitrogen and oxygen atoms in total. The summed E-state index contributed by atoms with van der Waals surface area (Å²) in [5, 5.41) is 7.24. The molecule has 0 saturated heterocycles. The molecule has 0 radical (unpaired) electrons. The Morgan fingerprint density at radius 2 is 2.00 bits per heavy atom. The summed E-state index contributed by atoms with van der Waals surface area (Å²) in [4.78, 5) is 0. The molecule has 2 aromatic rings. The van der Waals surface area contributed by atoms with Crippen molar-refractivity contribution in [3.8, 4) is 0 Å². The lowest BCUT2D eigenvalue weighted by Crippen LogP contribution is -2.14. The largest absolute Gasteiger partial charge is 0.416 e. The molecule has 102 valence electrons. The zero-order chi connectivity index (χ0) is 13.9. The Bertz CT molecular complexity index is 546. The predicted molar refractivity (Wildman–Crippen MR) is 65.2 cm³/mol. The van der Waals surface area contributed by atoms with E-state index in [2.05, 4.69) is 10.4 Å². The third kappa shape index (κ3) is 3.82. The van der Waals surface area contributed by atoms with Gasteiger partial charge in [-0.05, 0) is 17.7 Å². The number of hydrogen-bond acceptors (Lipinski definition) is 2. The van der Waals surface area contributed by atoms with Gasteiger partial charge in [-0.15, -0.1) is 0 Å². The summed E-state index contributed by atoms with van der Waals surface area (Å²) in [6.07, 6.45) is -2.47. The molecular formula is C13H14F3N3. The van der Waals surface area contributed by atoms with Crippen molar-refractivity contribution < 1.29 is 13.2 Å². The van der Waals surface area contributed by atoms with Crippen molar-refractivity contribution in [2.24, 2.45) is 7.05 Å². The topological polar surface area (TPSA) is 29.9 Å². The molecule has 0 saturated carbocycles. The molecule has 6 heteroatoms. The Kier molecular flexibility index (Phi) is 3.90.